The summed E-state index contributed by atoms with van der Waals surface area (Å²) in [6, 6.07) is 7.11. The van der Waals surface area contributed by atoms with Gasteiger partial charge >= 0.3 is 0 Å². The number of hydrogen-bond donors (Lipinski definition) is 2. The van der Waals surface area contributed by atoms with E-state index in [-0.39, 0.29) is 6.61 Å². The first-order chi connectivity index (χ1) is 9.33. The van der Waals surface area contributed by atoms with Crippen molar-refractivity contribution in [2.75, 3.05) is 24.6 Å². The number of aliphatic hydroxyl groups is 1. The third-order valence-corrected chi connectivity index (χ3v) is 3.91. The van der Waals surface area contributed by atoms with Crippen LogP contribution in [0.5, 0.6) is 0 Å². The monoisotopic (exact) mass is 263 g/mol. The van der Waals surface area contributed by atoms with E-state index in [0.29, 0.717) is 12.1 Å². The number of piperidine rings is 1. The van der Waals surface area contributed by atoms with E-state index < -0.39 is 0 Å². The van der Waals surface area contributed by atoms with Crippen molar-refractivity contribution in [2.24, 2.45) is 0 Å². The Morgan fingerprint density at radius 2 is 2.21 bits per heavy atom. The Balaban J connectivity index is 1.79. The molecular weight excluding hydrogens is 238 g/mol. The average molecular weight is 263 g/mol. The van der Waals surface area contributed by atoms with E-state index in [1.54, 1.807) is 0 Å². The molecule has 0 amide bonds. The Morgan fingerprint density at radius 3 is 2.79 bits per heavy atom. The first kappa shape index (κ1) is 14.3. The summed E-state index contributed by atoms with van der Waals surface area (Å²) in [6.45, 7) is 4.57. The van der Waals surface area contributed by atoms with Crippen LogP contribution in [0, 0.1) is 0 Å². The molecule has 1 saturated heterocycles. The predicted octanol–water partition coefficient (Wildman–Crippen LogP) is 1.80. The minimum atomic E-state index is 0.276. The Bertz CT molecular complexity index is 350. The molecule has 1 aliphatic heterocycles. The van der Waals surface area contributed by atoms with Crippen molar-refractivity contribution in [3.8, 4) is 0 Å². The van der Waals surface area contributed by atoms with E-state index in [1.165, 1.54) is 0 Å². The molecule has 0 radical (unpaired) electrons. The predicted molar refractivity (Wildman–Crippen MR) is 78.4 cm³/mol. The van der Waals surface area contributed by atoms with Gasteiger partial charge in [0.25, 0.3) is 0 Å². The van der Waals surface area contributed by atoms with Gasteiger partial charge in [-0.05, 0) is 37.8 Å². The molecule has 1 aliphatic rings. The number of anilines is 1. The SMILES string of the molecule is CCC(CCO)NC1CCN(c2ccccn2)CC1. The molecule has 2 rings (SSSR count). The van der Waals surface area contributed by atoms with Crippen LogP contribution < -0.4 is 10.2 Å². The van der Waals surface area contributed by atoms with Crippen LogP contribution in [-0.4, -0.2) is 41.9 Å². The molecule has 4 heteroatoms. The Kier molecular flexibility index (Phi) is 5.61. The minimum Gasteiger partial charge on any atom is -0.396 e. The molecule has 0 saturated carbocycles. The van der Waals surface area contributed by atoms with E-state index in [0.717, 1.165) is 44.6 Å². The molecule has 0 aromatic carbocycles. The quantitative estimate of drug-likeness (QED) is 0.821. The third-order valence-electron chi connectivity index (χ3n) is 3.91. The molecule has 1 aromatic heterocycles. The standard InChI is InChI=1S/C15H25N3O/c1-2-13(8-12-19)17-14-6-10-18(11-7-14)15-5-3-4-9-16-15/h3-5,9,13-14,17,19H,2,6-8,10-12H2,1H3. The number of nitrogens with one attached hydrogen (secondary N) is 1. The van der Waals surface area contributed by atoms with Gasteiger partial charge in [-0.3, -0.25) is 0 Å². The fraction of sp³-hybridized carbons (Fsp3) is 0.667. The normalized spacial score (nSPS) is 18.5. The Morgan fingerprint density at radius 1 is 1.42 bits per heavy atom. The molecule has 1 aromatic rings. The number of hydrogen-bond acceptors (Lipinski definition) is 4. The van der Waals surface area contributed by atoms with Crippen LogP contribution in [0.3, 0.4) is 0 Å². The molecule has 2 N–H and O–H groups in total. The number of rotatable bonds is 6. The van der Waals surface area contributed by atoms with Crippen molar-refractivity contribution in [3.05, 3.63) is 24.4 Å². The van der Waals surface area contributed by atoms with Crippen molar-refractivity contribution in [1.82, 2.24) is 10.3 Å². The number of pyridine rings is 1. The fourth-order valence-electron chi connectivity index (χ4n) is 2.71. The topological polar surface area (TPSA) is 48.4 Å². The second-order valence-electron chi connectivity index (χ2n) is 5.23. The van der Waals surface area contributed by atoms with Gasteiger partial charge in [0, 0.05) is 38.0 Å². The first-order valence-corrected chi connectivity index (χ1v) is 7.36. The van der Waals surface area contributed by atoms with Gasteiger partial charge in [-0.2, -0.15) is 0 Å². The molecule has 1 unspecified atom stereocenters. The largest absolute Gasteiger partial charge is 0.396 e. The van der Waals surface area contributed by atoms with Gasteiger partial charge in [0.05, 0.1) is 0 Å². The summed E-state index contributed by atoms with van der Waals surface area (Å²) < 4.78 is 0. The van der Waals surface area contributed by atoms with Crippen LogP contribution in [0.2, 0.25) is 0 Å². The van der Waals surface area contributed by atoms with Crippen LogP contribution in [0.15, 0.2) is 24.4 Å². The molecule has 106 valence electrons. The lowest BCUT2D eigenvalue weighted by atomic mass is 10.0. The van der Waals surface area contributed by atoms with Gasteiger partial charge in [-0.1, -0.05) is 13.0 Å². The first-order valence-electron chi connectivity index (χ1n) is 7.36. The zero-order chi connectivity index (χ0) is 13.5. The molecule has 19 heavy (non-hydrogen) atoms. The molecule has 0 aliphatic carbocycles. The molecule has 0 bridgehead atoms. The molecular formula is C15H25N3O. The fourth-order valence-corrected chi connectivity index (χ4v) is 2.71. The lowest BCUT2D eigenvalue weighted by Gasteiger charge is -2.35. The van der Waals surface area contributed by atoms with Crippen LogP contribution in [0.1, 0.15) is 32.6 Å². The van der Waals surface area contributed by atoms with Crippen LogP contribution in [0.4, 0.5) is 5.82 Å². The third kappa shape index (κ3) is 4.18. The van der Waals surface area contributed by atoms with Crippen LogP contribution in [-0.2, 0) is 0 Å². The highest BCUT2D eigenvalue weighted by Gasteiger charge is 2.21. The average Bonchev–Trinajstić information content (AvgIpc) is 2.48. The van der Waals surface area contributed by atoms with E-state index in [4.69, 9.17) is 5.11 Å². The van der Waals surface area contributed by atoms with Gasteiger partial charge in [0.15, 0.2) is 0 Å². The van der Waals surface area contributed by atoms with Crippen molar-refractivity contribution >= 4 is 5.82 Å². The van der Waals surface area contributed by atoms with E-state index in [2.05, 4.69) is 28.2 Å². The van der Waals surface area contributed by atoms with E-state index in [1.807, 2.05) is 18.3 Å². The van der Waals surface area contributed by atoms with Gasteiger partial charge < -0.3 is 15.3 Å². The molecule has 1 fully saturated rings. The summed E-state index contributed by atoms with van der Waals surface area (Å²) >= 11 is 0. The maximum Gasteiger partial charge on any atom is 0.128 e. The number of aromatic nitrogens is 1. The maximum atomic E-state index is 9.03. The summed E-state index contributed by atoms with van der Waals surface area (Å²) in [6.07, 6.45) is 6.10. The molecule has 2 heterocycles. The number of aliphatic hydroxyl groups excluding tert-OH is 1. The second-order valence-corrected chi connectivity index (χ2v) is 5.23. The number of nitrogens with zero attached hydrogens (tertiary/aromatic N) is 2. The van der Waals surface area contributed by atoms with E-state index in [9.17, 15) is 0 Å². The summed E-state index contributed by atoms with van der Waals surface area (Å²) in [5, 5.41) is 12.7. The highest BCUT2D eigenvalue weighted by molar-refractivity contribution is 5.38. The summed E-state index contributed by atoms with van der Waals surface area (Å²) in [4.78, 5) is 6.76. The Labute approximate surface area is 115 Å². The second kappa shape index (κ2) is 7.46. The van der Waals surface area contributed by atoms with Gasteiger partial charge in [-0.15, -0.1) is 0 Å². The van der Waals surface area contributed by atoms with Crippen molar-refractivity contribution in [2.45, 2.75) is 44.7 Å². The Hall–Kier alpha value is -1.13. The van der Waals surface area contributed by atoms with Crippen molar-refractivity contribution in [3.63, 3.8) is 0 Å². The van der Waals surface area contributed by atoms with Gasteiger partial charge in [-0.25, -0.2) is 4.98 Å². The van der Waals surface area contributed by atoms with Gasteiger partial charge in [0.1, 0.15) is 5.82 Å². The zero-order valence-electron chi connectivity index (χ0n) is 11.8. The summed E-state index contributed by atoms with van der Waals surface area (Å²) in [5.74, 6) is 1.09. The van der Waals surface area contributed by atoms with Crippen LogP contribution in [0.25, 0.3) is 0 Å². The lowest BCUT2D eigenvalue weighted by Crippen LogP contribution is -2.46. The lowest BCUT2D eigenvalue weighted by molar-refractivity contribution is 0.249. The zero-order valence-corrected chi connectivity index (χ0v) is 11.8. The van der Waals surface area contributed by atoms with Crippen LogP contribution >= 0.6 is 0 Å². The maximum absolute atomic E-state index is 9.03. The highest BCUT2D eigenvalue weighted by Crippen LogP contribution is 2.18. The van der Waals surface area contributed by atoms with E-state index >= 15 is 0 Å². The van der Waals surface area contributed by atoms with Crippen molar-refractivity contribution < 1.29 is 5.11 Å². The molecule has 4 nitrogen and oxygen atoms in total. The minimum absolute atomic E-state index is 0.276. The summed E-state index contributed by atoms with van der Waals surface area (Å²) in [5.41, 5.74) is 0. The molecule has 1 atom stereocenters. The molecule has 0 spiro atoms. The van der Waals surface area contributed by atoms with Gasteiger partial charge in [0.2, 0.25) is 0 Å². The summed E-state index contributed by atoms with van der Waals surface area (Å²) in [7, 11) is 0. The van der Waals surface area contributed by atoms with Crippen molar-refractivity contribution in [1.29, 1.82) is 0 Å². The highest BCUT2D eigenvalue weighted by atomic mass is 16.3. The smallest absolute Gasteiger partial charge is 0.128 e.